The number of anilines is 1. The number of carbonyl (C=O) groups excluding carboxylic acids is 1. The van der Waals surface area contributed by atoms with E-state index in [-0.39, 0.29) is 11.9 Å². The van der Waals surface area contributed by atoms with Gasteiger partial charge in [0, 0.05) is 32.2 Å². The zero-order valence-electron chi connectivity index (χ0n) is 14.5. The molecule has 0 bridgehead atoms. The molecular weight excluding hydrogens is 308 g/mol. The molecule has 1 atom stereocenters. The van der Waals surface area contributed by atoms with Crippen molar-refractivity contribution in [3.63, 3.8) is 0 Å². The number of thiol groups is 1. The van der Waals surface area contributed by atoms with E-state index in [1.54, 1.807) is 0 Å². The van der Waals surface area contributed by atoms with Crippen molar-refractivity contribution in [2.45, 2.75) is 45.3 Å². The summed E-state index contributed by atoms with van der Waals surface area (Å²) in [6.45, 7) is 3.06. The van der Waals surface area contributed by atoms with Crippen LogP contribution in [0.15, 0.2) is 24.3 Å². The van der Waals surface area contributed by atoms with E-state index in [0.29, 0.717) is 19.6 Å². The normalized spacial score (nSPS) is 12.0. The Bertz CT molecular complexity index is 449. The summed E-state index contributed by atoms with van der Waals surface area (Å²) in [5.41, 5.74) is 2.31. The van der Waals surface area contributed by atoms with E-state index in [0.717, 1.165) is 30.6 Å². The number of carbonyl (C=O) groups is 1. The van der Waals surface area contributed by atoms with Gasteiger partial charge in [0.2, 0.25) is 5.91 Å². The quantitative estimate of drug-likeness (QED) is 0.481. The van der Waals surface area contributed by atoms with Gasteiger partial charge in [-0.25, -0.2) is 0 Å². The number of nitrogens with one attached hydrogen (secondary N) is 1. The van der Waals surface area contributed by atoms with Crippen LogP contribution in [0.5, 0.6) is 0 Å². The molecule has 0 aromatic heterocycles. The van der Waals surface area contributed by atoms with Crippen molar-refractivity contribution in [2.24, 2.45) is 0 Å². The highest BCUT2D eigenvalue weighted by Crippen LogP contribution is 2.12. The number of benzene rings is 1. The van der Waals surface area contributed by atoms with Gasteiger partial charge < -0.3 is 15.0 Å². The Morgan fingerprint density at radius 1 is 1.22 bits per heavy atom. The molecule has 0 saturated carbocycles. The zero-order valence-corrected chi connectivity index (χ0v) is 15.4. The predicted molar refractivity (Wildman–Crippen MR) is 100 cm³/mol. The van der Waals surface area contributed by atoms with Gasteiger partial charge in [0.15, 0.2) is 0 Å². The molecule has 0 aliphatic carbocycles. The second kappa shape index (κ2) is 11.4. The van der Waals surface area contributed by atoms with Crippen LogP contribution in [0, 0.1) is 0 Å². The van der Waals surface area contributed by atoms with Gasteiger partial charge in [0.1, 0.15) is 0 Å². The largest absolute Gasteiger partial charge is 0.378 e. The van der Waals surface area contributed by atoms with Crippen molar-refractivity contribution in [1.29, 1.82) is 0 Å². The highest BCUT2D eigenvalue weighted by molar-refractivity contribution is 7.80. The van der Waals surface area contributed by atoms with Gasteiger partial charge in [0.05, 0.1) is 13.2 Å². The summed E-state index contributed by atoms with van der Waals surface area (Å²) < 4.78 is 5.69. The van der Waals surface area contributed by atoms with Crippen LogP contribution in [0.25, 0.3) is 0 Å². The molecule has 0 spiro atoms. The van der Waals surface area contributed by atoms with Gasteiger partial charge in [0.25, 0.3) is 0 Å². The number of nitrogens with zero attached hydrogens (tertiary/aromatic N) is 1. The molecule has 23 heavy (non-hydrogen) atoms. The lowest BCUT2D eigenvalue weighted by atomic mass is 10.2. The second-order valence-electron chi connectivity index (χ2n) is 6.08. The van der Waals surface area contributed by atoms with Crippen molar-refractivity contribution in [1.82, 2.24) is 5.32 Å². The third-order valence-electron chi connectivity index (χ3n) is 3.56. The summed E-state index contributed by atoms with van der Waals surface area (Å²) in [6, 6.07) is 8.33. The molecule has 4 nitrogen and oxygen atoms in total. The van der Waals surface area contributed by atoms with Gasteiger partial charge in [-0.15, -0.1) is 0 Å². The molecule has 0 radical (unpaired) electrons. The Morgan fingerprint density at radius 2 is 1.91 bits per heavy atom. The molecule has 1 aromatic carbocycles. The van der Waals surface area contributed by atoms with E-state index in [2.05, 4.69) is 47.1 Å². The van der Waals surface area contributed by atoms with Crippen LogP contribution in [0.1, 0.15) is 38.2 Å². The molecule has 1 N–H and O–H groups in total. The van der Waals surface area contributed by atoms with Gasteiger partial charge >= 0.3 is 0 Å². The minimum absolute atomic E-state index is 0.0356. The number of rotatable bonds is 11. The van der Waals surface area contributed by atoms with E-state index >= 15 is 0 Å². The van der Waals surface area contributed by atoms with Gasteiger partial charge in [-0.1, -0.05) is 18.6 Å². The molecule has 1 unspecified atom stereocenters. The number of hydrogen-bond acceptors (Lipinski definition) is 4. The van der Waals surface area contributed by atoms with Crippen LogP contribution >= 0.6 is 12.6 Å². The molecule has 0 aliphatic rings. The fraction of sp³-hybridized carbons (Fsp3) is 0.611. The maximum Gasteiger partial charge on any atom is 0.220 e. The summed E-state index contributed by atoms with van der Waals surface area (Å²) in [4.78, 5) is 13.8. The summed E-state index contributed by atoms with van der Waals surface area (Å²) >= 11 is 4.17. The molecule has 1 amide bonds. The Hall–Kier alpha value is -1.20. The van der Waals surface area contributed by atoms with Crippen LogP contribution < -0.4 is 10.2 Å². The minimum atomic E-state index is 0.0356. The molecular formula is C18H30N2O2S. The van der Waals surface area contributed by atoms with E-state index in [1.807, 2.05) is 21.0 Å². The molecule has 130 valence electrons. The molecule has 0 aliphatic heterocycles. The van der Waals surface area contributed by atoms with E-state index < -0.39 is 0 Å². The Labute approximate surface area is 146 Å². The summed E-state index contributed by atoms with van der Waals surface area (Å²) in [5.74, 6) is 0.997. The summed E-state index contributed by atoms with van der Waals surface area (Å²) in [7, 11) is 4.04. The maximum absolute atomic E-state index is 11.8. The number of ether oxygens (including phenoxy) is 1. The first kappa shape index (κ1) is 19.8. The van der Waals surface area contributed by atoms with Crippen LogP contribution in [-0.4, -0.2) is 38.4 Å². The smallest absolute Gasteiger partial charge is 0.220 e. The van der Waals surface area contributed by atoms with Crippen molar-refractivity contribution in [2.75, 3.05) is 31.4 Å². The molecule has 1 aromatic rings. The predicted octanol–water partition coefficient (Wildman–Crippen LogP) is 3.26. The van der Waals surface area contributed by atoms with Gasteiger partial charge in [-0.3, -0.25) is 4.79 Å². The third kappa shape index (κ3) is 8.86. The lowest BCUT2D eigenvalue weighted by molar-refractivity contribution is -0.122. The minimum Gasteiger partial charge on any atom is -0.378 e. The maximum atomic E-state index is 11.8. The number of amides is 1. The molecule has 0 saturated heterocycles. The second-order valence-corrected chi connectivity index (χ2v) is 6.53. The fourth-order valence-corrected chi connectivity index (χ4v) is 2.43. The van der Waals surface area contributed by atoms with Crippen LogP contribution in [-0.2, 0) is 16.1 Å². The average Bonchev–Trinajstić information content (AvgIpc) is 2.52. The van der Waals surface area contributed by atoms with Crippen LogP contribution in [0.2, 0.25) is 0 Å². The van der Waals surface area contributed by atoms with Gasteiger partial charge in [-0.05, 0) is 43.2 Å². The topological polar surface area (TPSA) is 41.6 Å². The standard InChI is InChI=1S/C18H30N2O2S/c1-15(19-18(21)7-5-4-6-12-23)13-22-14-16-8-10-17(11-9-16)20(2)3/h8-11,15,23H,4-7,12-14H2,1-3H3,(H,19,21). The SMILES string of the molecule is CC(COCc1ccc(N(C)C)cc1)NC(=O)CCCCCS. The molecule has 0 heterocycles. The van der Waals surface area contributed by atoms with E-state index in [9.17, 15) is 4.79 Å². The highest BCUT2D eigenvalue weighted by Gasteiger charge is 2.07. The lowest BCUT2D eigenvalue weighted by Crippen LogP contribution is -2.35. The Kier molecular flexibility index (Phi) is 9.80. The molecule has 5 heteroatoms. The summed E-state index contributed by atoms with van der Waals surface area (Å²) in [6.07, 6.45) is 3.65. The average molecular weight is 339 g/mol. The fourth-order valence-electron chi connectivity index (χ4n) is 2.21. The first-order valence-corrected chi connectivity index (χ1v) is 8.90. The summed E-state index contributed by atoms with van der Waals surface area (Å²) in [5, 5.41) is 2.98. The zero-order chi connectivity index (χ0) is 17.1. The number of unbranched alkanes of at least 4 members (excludes halogenated alkanes) is 2. The van der Waals surface area contributed by atoms with E-state index in [4.69, 9.17) is 4.74 Å². The van der Waals surface area contributed by atoms with Crippen LogP contribution in [0.4, 0.5) is 5.69 Å². The van der Waals surface area contributed by atoms with Crippen molar-refractivity contribution < 1.29 is 9.53 Å². The Morgan fingerprint density at radius 3 is 2.52 bits per heavy atom. The van der Waals surface area contributed by atoms with Gasteiger partial charge in [-0.2, -0.15) is 12.6 Å². The first-order chi connectivity index (χ1) is 11.0. The van der Waals surface area contributed by atoms with E-state index in [1.165, 1.54) is 5.69 Å². The first-order valence-electron chi connectivity index (χ1n) is 8.27. The monoisotopic (exact) mass is 338 g/mol. The highest BCUT2D eigenvalue weighted by atomic mass is 32.1. The third-order valence-corrected chi connectivity index (χ3v) is 3.87. The lowest BCUT2D eigenvalue weighted by Gasteiger charge is -2.15. The van der Waals surface area contributed by atoms with Crippen molar-refractivity contribution in [3.8, 4) is 0 Å². The molecule has 0 fully saturated rings. The molecule has 1 rings (SSSR count). The number of hydrogen-bond donors (Lipinski definition) is 2. The van der Waals surface area contributed by atoms with Crippen molar-refractivity contribution >= 4 is 24.2 Å². The van der Waals surface area contributed by atoms with Crippen LogP contribution in [0.3, 0.4) is 0 Å². The Balaban J connectivity index is 2.18. The van der Waals surface area contributed by atoms with Crippen molar-refractivity contribution in [3.05, 3.63) is 29.8 Å².